The van der Waals surface area contributed by atoms with Crippen LogP contribution < -0.4 is 10.2 Å². The van der Waals surface area contributed by atoms with Crippen molar-refractivity contribution in [1.82, 2.24) is 20.2 Å². The van der Waals surface area contributed by atoms with Crippen LogP contribution in [0.1, 0.15) is 12.5 Å². The molecule has 0 aliphatic heterocycles. The van der Waals surface area contributed by atoms with E-state index in [4.69, 9.17) is 4.74 Å². The van der Waals surface area contributed by atoms with Crippen LogP contribution in [0.25, 0.3) is 11.4 Å². The SMILES string of the molecule is CCn1c(SCC(=O)N/N=C/c2ccc(O)c(O)c2)nnc1-c1ccc(OC)cc1. The number of benzene rings is 2. The van der Waals surface area contributed by atoms with Gasteiger partial charge in [-0.15, -0.1) is 10.2 Å². The van der Waals surface area contributed by atoms with E-state index in [-0.39, 0.29) is 23.2 Å². The molecule has 1 amide bonds. The van der Waals surface area contributed by atoms with Crippen LogP contribution >= 0.6 is 11.8 Å². The van der Waals surface area contributed by atoms with Gasteiger partial charge in [0.15, 0.2) is 22.5 Å². The smallest absolute Gasteiger partial charge is 0.250 e. The predicted octanol–water partition coefficient (Wildman–Crippen LogP) is 2.63. The molecule has 0 radical (unpaired) electrons. The number of thioether (sulfide) groups is 1. The molecule has 10 heteroatoms. The van der Waals surface area contributed by atoms with Crippen LogP contribution in [0.5, 0.6) is 17.2 Å². The number of methoxy groups -OCH3 is 1. The normalized spacial score (nSPS) is 11.0. The fraction of sp³-hybridized carbons (Fsp3) is 0.200. The van der Waals surface area contributed by atoms with Gasteiger partial charge in [0.1, 0.15) is 5.75 Å². The number of amides is 1. The number of hydrogen-bond donors (Lipinski definition) is 3. The first-order valence-electron chi connectivity index (χ1n) is 9.06. The van der Waals surface area contributed by atoms with Gasteiger partial charge in [0.2, 0.25) is 0 Å². The topological polar surface area (TPSA) is 122 Å². The summed E-state index contributed by atoms with van der Waals surface area (Å²) >= 11 is 1.26. The Morgan fingerprint density at radius 3 is 2.63 bits per heavy atom. The number of hydrazone groups is 1. The minimum atomic E-state index is -0.309. The maximum atomic E-state index is 12.1. The summed E-state index contributed by atoms with van der Waals surface area (Å²) in [5, 5.41) is 31.7. The van der Waals surface area contributed by atoms with Crippen molar-refractivity contribution in [3.63, 3.8) is 0 Å². The molecule has 9 nitrogen and oxygen atoms in total. The molecule has 0 spiro atoms. The van der Waals surface area contributed by atoms with E-state index < -0.39 is 0 Å². The average molecular weight is 427 g/mol. The van der Waals surface area contributed by atoms with Crippen molar-refractivity contribution >= 4 is 23.9 Å². The number of phenols is 2. The molecule has 1 aromatic heterocycles. The number of carbonyl (C=O) groups is 1. The second-order valence-electron chi connectivity index (χ2n) is 6.11. The van der Waals surface area contributed by atoms with Crippen molar-refractivity contribution in [2.75, 3.05) is 12.9 Å². The zero-order chi connectivity index (χ0) is 21.5. The zero-order valence-corrected chi connectivity index (χ0v) is 17.3. The molecule has 0 unspecified atom stereocenters. The van der Waals surface area contributed by atoms with Gasteiger partial charge in [-0.25, -0.2) is 5.43 Å². The minimum Gasteiger partial charge on any atom is -0.504 e. The highest BCUT2D eigenvalue weighted by Crippen LogP contribution is 2.26. The van der Waals surface area contributed by atoms with E-state index in [9.17, 15) is 15.0 Å². The lowest BCUT2D eigenvalue weighted by Crippen LogP contribution is -2.20. The summed E-state index contributed by atoms with van der Waals surface area (Å²) in [5.41, 5.74) is 3.86. The quantitative estimate of drug-likeness (QED) is 0.219. The Morgan fingerprint density at radius 2 is 1.97 bits per heavy atom. The van der Waals surface area contributed by atoms with E-state index in [2.05, 4.69) is 20.7 Å². The summed E-state index contributed by atoms with van der Waals surface area (Å²) in [6.07, 6.45) is 1.37. The van der Waals surface area contributed by atoms with Crippen LogP contribution in [0.3, 0.4) is 0 Å². The van der Waals surface area contributed by atoms with Crippen molar-refractivity contribution in [3.05, 3.63) is 48.0 Å². The summed E-state index contributed by atoms with van der Waals surface area (Å²) in [5.74, 6) is 0.799. The Bertz CT molecular complexity index is 1050. The van der Waals surface area contributed by atoms with E-state index in [0.29, 0.717) is 23.1 Å². The standard InChI is InChI=1S/C20H21N5O4S/c1-3-25-19(14-5-7-15(29-2)8-6-14)23-24-20(25)30-12-18(28)22-21-11-13-4-9-16(26)17(27)10-13/h4-11,26-27H,3,12H2,1-2H3,(H,22,28)/b21-11+. The summed E-state index contributed by atoms with van der Waals surface area (Å²) in [4.78, 5) is 12.1. The number of ether oxygens (including phenoxy) is 1. The number of nitrogens with zero attached hydrogens (tertiary/aromatic N) is 4. The zero-order valence-electron chi connectivity index (χ0n) is 16.4. The van der Waals surface area contributed by atoms with E-state index >= 15 is 0 Å². The fourth-order valence-electron chi connectivity index (χ4n) is 2.60. The van der Waals surface area contributed by atoms with Crippen LogP contribution in [0.4, 0.5) is 0 Å². The Balaban J connectivity index is 1.59. The van der Waals surface area contributed by atoms with Gasteiger partial charge in [0.05, 0.1) is 19.1 Å². The summed E-state index contributed by atoms with van der Waals surface area (Å²) < 4.78 is 7.11. The summed E-state index contributed by atoms with van der Waals surface area (Å²) in [6, 6.07) is 11.8. The van der Waals surface area contributed by atoms with Gasteiger partial charge in [-0.3, -0.25) is 4.79 Å². The Morgan fingerprint density at radius 1 is 1.20 bits per heavy atom. The first-order valence-corrected chi connectivity index (χ1v) is 10.0. The molecule has 0 aliphatic carbocycles. The number of hydrogen-bond acceptors (Lipinski definition) is 8. The molecule has 0 saturated heterocycles. The van der Waals surface area contributed by atoms with Gasteiger partial charge in [0.25, 0.3) is 5.91 Å². The lowest BCUT2D eigenvalue weighted by molar-refractivity contribution is -0.118. The van der Waals surface area contributed by atoms with Gasteiger partial charge >= 0.3 is 0 Å². The molecule has 3 aromatic rings. The van der Waals surface area contributed by atoms with E-state index in [1.165, 1.54) is 30.1 Å². The highest BCUT2D eigenvalue weighted by Gasteiger charge is 2.14. The van der Waals surface area contributed by atoms with Crippen molar-refractivity contribution < 1.29 is 19.7 Å². The molecule has 0 aliphatic rings. The third-order valence-electron chi connectivity index (χ3n) is 4.12. The van der Waals surface area contributed by atoms with E-state index in [1.54, 1.807) is 13.2 Å². The Kier molecular flexibility index (Phi) is 6.91. The molecular weight excluding hydrogens is 406 g/mol. The molecule has 156 valence electrons. The molecule has 1 heterocycles. The molecule has 0 bridgehead atoms. The van der Waals surface area contributed by atoms with Gasteiger partial charge in [-0.1, -0.05) is 11.8 Å². The third-order valence-corrected chi connectivity index (χ3v) is 5.08. The highest BCUT2D eigenvalue weighted by molar-refractivity contribution is 7.99. The first-order chi connectivity index (χ1) is 14.5. The summed E-state index contributed by atoms with van der Waals surface area (Å²) in [6.45, 7) is 2.64. The van der Waals surface area contributed by atoms with Crippen molar-refractivity contribution in [2.45, 2.75) is 18.6 Å². The number of carbonyl (C=O) groups excluding carboxylic acids is 1. The lowest BCUT2D eigenvalue weighted by Gasteiger charge is -2.07. The average Bonchev–Trinajstić information content (AvgIpc) is 3.17. The van der Waals surface area contributed by atoms with Crippen LogP contribution in [0.2, 0.25) is 0 Å². The molecule has 3 N–H and O–H groups in total. The fourth-order valence-corrected chi connectivity index (χ4v) is 3.39. The van der Waals surface area contributed by atoms with E-state index in [0.717, 1.165) is 11.3 Å². The number of nitrogens with one attached hydrogen (secondary N) is 1. The van der Waals surface area contributed by atoms with Crippen molar-refractivity contribution in [1.29, 1.82) is 0 Å². The largest absolute Gasteiger partial charge is 0.504 e. The molecule has 0 saturated carbocycles. The molecule has 0 atom stereocenters. The van der Waals surface area contributed by atoms with E-state index in [1.807, 2.05) is 35.8 Å². The minimum absolute atomic E-state index is 0.110. The number of aromatic hydroxyl groups is 2. The highest BCUT2D eigenvalue weighted by atomic mass is 32.2. The first kappa shape index (κ1) is 21.2. The maximum Gasteiger partial charge on any atom is 0.250 e. The van der Waals surface area contributed by atoms with Crippen LogP contribution in [0.15, 0.2) is 52.7 Å². The van der Waals surface area contributed by atoms with Crippen LogP contribution in [-0.2, 0) is 11.3 Å². The molecular formula is C20H21N5O4S. The third kappa shape index (κ3) is 5.09. The molecule has 30 heavy (non-hydrogen) atoms. The lowest BCUT2D eigenvalue weighted by atomic mass is 10.2. The molecule has 2 aromatic carbocycles. The second-order valence-corrected chi connectivity index (χ2v) is 7.05. The van der Waals surface area contributed by atoms with Gasteiger partial charge in [-0.2, -0.15) is 5.10 Å². The molecule has 3 rings (SSSR count). The summed E-state index contributed by atoms with van der Waals surface area (Å²) in [7, 11) is 1.61. The Hall–Kier alpha value is -3.53. The number of phenolic OH excluding ortho intramolecular Hbond substituents is 2. The maximum absolute atomic E-state index is 12.1. The van der Waals surface area contributed by atoms with Crippen LogP contribution in [-0.4, -0.2) is 50.0 Å². The monoisotopic (exact) mass is 427 g/mol. The van der Waals surface area contributed by atoms with Crippen molar-refractivity contribution in [3.8, 4) is 28.6 Å². The Labute approximate surface area is 177 Å². The van der Waals surface area contributed by atoms with Crippen LogP contribution in [0, 0.1) is 0 Å². The molecule has 0 fully saturated rings. The van der Waals surface area contributed by atoms with Gasteiger partial charge in [0, 0.05) is 12.1 Å². The van der Waals surface area contributed by atoms with Gasteiger partial charge in [-0.05, 0) is 55.0 Å². The predicted molar refractivity (Wildman–Crippen MR) is 114 cm³/mol. The van der Waals surface area contributed by atoms with Gasteiger partial charge < -0.3 is 19.5 Å². The number of rotatable bonds is 8. The number of aromatic nitrogens is 3. The van der Waals surface area contributed by atoms with Crippen molar-refractivity contribution in [2.24, 2.45) is 5.10 Å². The second kappa shape index (κ2) is 9.79.